The molecule has 30 heavy (non-hydrogen) atoms. The van der Waals surface area contributed by atoms with Crippen molar-refractivity contribution in [3.8, 4) is 0 Å². The third kappa shape index (κ3) is 4.75. The van der Waals surface area contributed by atoms with Crippen LogP contribution in [-0.2, 0) is 19.1 Å². The Balaban J connectivity index is 1.55. The van der Waals surface area contributed by atoms with E-state index in [4.69, 9.17) is 16.3 Å². The largest absolute Gasteiger partial charge is 0.469 e. The van der Waals surface area contributed by atoms with E-state index >= 15 is 0 Å². The first-order chi connectivity index (χ1) is 14.4. The molecule has 3 rings (SSSR count). The number of carbonyl (C=O) groups is 4. The molecule has 2 N–H and O–H groups in total. The Morgan fingerprint density at radius 2 is 1.97 bits per heavy atom. The van der Waals surface area contributed by atoms with Crippen LogP contribution in [0.5, 0.6) is 0 Å². The van der Waals surface area contributed by atoms with Gasteiger partial charge in [0, 0.05) is 18.0 Å². The number of imide groups is 1. The van der Waals surface area contributed by atoms with Crippen LogP contribution in [-0.4, -0.2) is 47.9 Å². The topological polar surface area (TPSA) is 105 Å². The second-order valence-corrected chi connectivity index (χ2v) is 8.11. The van der Waals surface area contributed by atoms with Gasteiger partial charge in [-0.15, -0.1) is 0 Å². The molecule has 4 amide bonds. The van der Waals surface area contributed by atoms with Crippen LogP contribution in [0.15, 0.2) is 24.3 Å². The normalized spacial score (nSPS) is 18.4. The monoisotopic (exact) mass is 435 g/mol. The number of ether oxygens (including phenoxy) is 1. The van der Waals surface area contributed by atoms with Crippen molar-refractivity contribution in [3.05, 3.63) is 34.9 Å². The van der Waals surface area contributed by atoms with Crippen LogP contribution < -0.4 is 10.6 Å². The van der Waals surface area contributed by atoms with Crippen molar-refractivity contribution in [1.29, 1.82) is 0 Å². The average molecular weight is 436 g/mol. The minimum atomic E-state index is -0.741. The van der Waals surface area contributed by atoms with E-state index in [0.29, 0.717) is 29.8 Å². The van der Waals surface area contributed by atoms with Crippen molar-refractivity contribution in [2.24, 2.45) is 0 Å². The van der Waals surface area contributed by atoms with Gasteiger partial charge in [0.05, 0.1) is 19.6 Å². The van der Waals surface area contributed by atoms with Crippen LogP contribution in [0.25, 0.3) is 0 Å². The SMILES string of the molecule is COC(=O)CC(NC(=O)CCCN1C(=O)NC2(CCCC2)C1=O)c1ccccc1Cl. The highest BCUT2D eigenvalue weighted by Gasteiger charge is 2.52. The highest BCUT2D eigenvalue weighted by molar-refractivity contribution is 6.31. The molecule has 0 aromatic heterocycles. The van der Waals surface area contributed by atoms with Gasteiger partial charge in [0.15, 0.2) is 0 Å². The van der Waals surface area contributed by atoms with Crippen LogP contribution in [0.4, 0.5) is 4.79 Å². The maximum atomic E-state index is 12.6. The Hall–Kier alpha value is -2.61. The number of carbonyl (C=O) groups excluding carboxylic acids is 4. The van der Waals surface area contributed by atoms with E-state index in [9.17, 15) is 19.2 Å². The van der Waals surface area contributed by atoms with E-state index in [1.165, 1.54) is 12.0 Å². The van der Waals surface area contributed by atoms with Crippen LogP contribution in [0.3, 0.4) is 0 Å². The molecule has 1 aliphatic heterocycles. The molecule has 1 aliphatic carbocycles. The summed E-state index contributed by atoms with van der Waals surface area (Å²) in [6.07, 6.45) is 3.56. The minimum Gasteiger partial charge on any atom is -0.469 e. The lowest BCUT2D eigenvalue weighted by Crippen LogP contribution is -2.44. The molecule has 1 aromatic rings. The van der Waals surface area contributed by atoms with Crippen molar-refractivity contribution in [2.75, 3.05) is 13.7 Å². The molecule has 9 heteroatoms. The zero-order chi connectivity index (χ0) is 21.7. The Labute approximate surface area is 180 Å². The number of hydrogen-bond acceptors (Lipinski definition) is 5. The van der Waals surface area contributed by atoms with Gasteiger partial charge in [-0.3, -0.25) is 19.3 Å². The molecule has 0 radical (unpaired) electrons. The van der Waals surface area contributed by atoms with Crippen molar-refractivity contribution >= 4 is 35.4 Å². The molecule has 162 valence electrons. The fourth-order valence-corrected chi connectivity index (χ4v) is 4.37. The van der Waals surface area contributed by atoms with E-state index < -0.39 is 17.6 Å². The van der Waals surface area contributed by atoms with Crippen molar-refractivity contribution in [2.45, 2.75) is 56.5 Å². The lowest BCUT2D eigenvalue weighted by Gasteiger charge is -2.21. The number of methoxy groups -OCH3 is 1. The quantitative estimate of drug-likeness (QED) is 0.482. The number of nitrogens with zero attached hydrogens (tertiary/aromatic N) is 1. The highest BCUT2D eigenvalue weighted by atomic mass is 35.5. The summed E-state index contributed by atoms with van der Waals surface area (Å²) in [6.45, 7) is 0.174. The van der Waals surface area contributed by atoms with Crippen molar-refractivity contribution in [1.82, 2.24) is 15.5 Å². The molecular weight excluding hydrogens is 410 g/mol. The summed E-state index contributed by atoms with van der Waals surface area (Å²) < 4.78 is 4.72. The number of rotatable bonds is 8. The fourth-order valence-electron chi connectivity index (χ4n) is 4.11. The zero-order valence-electron chi connectivity index (χ0n) is 16.9. The third-order valence-electron chi connectivity index (χ3n) is 5.70. The summed E-state index contributed by atoms with van der Waals surface area (Å²) in [5.74, 6) is -0.960. The second kappa shape index (κ2) is 9.47. The highest BCUT2D eigenvalue weighted by Crippen LogP contribution is 2.35. The molecule has 0 bridgehead atoms. The first kappa shape index (κ1) is 22.1. The maximum absolute atomic E-state index is 12.6. The van der Waals surface area contributed by atoms with E-state index in [1.54, 1.807) is 24.3 Å². The Morgan fingerprint density at radius 1 is 1.27 bits per heavy atom. The number of halogens is 1. The summed E-state index contributed by atoms with van der Waals surface area (Å²) in [7, 11) is 1.28. The number of nitrogens with one attached hydrogen (secondary N) is 2. The number of esters is 1. The summed E-state index contributed by atoms with van der Waals surface area (Å²) in [5, 5.41) is 6.07. The first-order valence-electron chi connectivity index (χ1n) is 10.1. The van der Waals surface area contributed by atoms with E-state index in [1.807, 2.05) is 0 Å². The molecule has 1 heterocycles. The van der Waals surface area contributed by atoms with E-state index in [0.717, 1.165) is 12.8 Å². The van der Waals surface area contributed by atoms with Gasteiger partial charge in [0.25, 0.3) is 5.91 Å². The molecule has 1 saturated heterocycles. The summed E-state index contributed by atoms with van der Waals surface area (Å²) in [5.41, 5.74) is -0.121. The lowest BCUT2D eigenvalue weighted by atomic mass is 9.98. The van der Waals surface area contributed by atoms with Gasteiger partial charge in [-0.1, -0.05) is 42.6 Å². The lowest BCUT2D eigenvalue weighted by molar-refractivity contribution is -0.141. The number of amides is 4. The maximum Gasteiger partial charge on any atom is 0.325 e. The number of urea groups is 1. The first-order valence-corrected chi connectivity index (χ1v) is 10.5. The molecule has 1 unspecified atom stereocenters. The Kier molecular flexibility index (Phi) is 6.97. The molecule has 1 spiro atoms. The van der Waals surface area contributed by atoms with Crippen LogP contribution in [0, 0.1) is 0 Å². The summed E-state index contributed by atoms with van der Waals surface area (Å²) >= 11 is 6.22. The van der Waals surface area contributed by atoms with Gasteiger partial charge >= 0.3 is 12.0 Å². The van der Waals surface area contributed by atoms with Gasteiger partial charge in [0.1, 0.15) is 5.54 Å². The van der Waals surface area contributed by atoms with Crippen molar-refractivity contribution in [3.63, 3.8) is 0 Å². The predicted molar refractivity (Wildman–Crippen MR) is 110 cm³/mol. The molecule has 1 atom stereocenters. The van der Waals surface area contributed by atoms with Crippen LogP contribution in [0.1, 0.15) is 56.6 Å². The Bertz CT molecular complexity index is 838. The Morgan fingerprint density at radius 3 is 2.63 bits per heavy atom. The molecule has 1 aromatic carbocycles. The smallest absolute Gasteiger partial charge is 0.325 e. The number of hydrogen-bond donors (Lipinski definition) is 2. The van der Waals surface area contributed by atoms with Crippen LogP contribution in [0.2, 0.25) is 5.02 Å². The molecular formula is C21H26ClN3O5. The zero-order valence-corrected chi connectivity index (χ0v) is 17.7. The van der Waals surface area contributed by atoms with Gasteiger partial charge in [-0.25, -0.2) is 4.79 Å². The minimum absolute atomic E-state index is 0.0541. The summed E-state index contributed by atoms with van der Waals surface area (Å²) in [6, 6.07) is 5.94. The van der Waals surface area contributed by atoms with Gasteiger partial charge in [-0.05, 0) is 30.9 Å². The number of benzene rings is 1. The van der Waals surface area contributed by atoms with Crippen molar-refractivity contribution < 1.29 is 23.9 Å². The van der Waals surface area contributed by atoms with Crippen LogP contribution >= 0.6 is 11.6 Å². The molecule has 2 aliphatic rings. The second-order valence-electron chi connectivity index (χ2n) is 7.70. The van der Waals surface area contributed by atoms with E-state index in [-0.39, 0.29) is 37.2 Å². The van der Waals surface area contributed by atoms with E-state index in [2.05, 4.69) is 10.6 Å². The molecule has 2 fully saturated rings. The summed E-state index contributed by atoms with van der Waals surface area (Å²) in [4.78, 5) is 50.3. The molecule has 8 nitrogen and oxygen atoms in total. The average Bonchev–Trinajstić information content (AvgIpc) is 3.28. The van der Waals surface area contributed by atoms with Gasteiger partial charge < -0.3 is 15.4 Å². The standard InChI is InChI=1S/C21H26ClN3O5/c1-30-18(27)13-16(14-7-2-3-8-15(14)22)23-17(26)9-6-12-25-19(28)21(24-20(25)29)10-4-5-11-21/h2-3,7-8,16H,4-6,9-13H2,1H3,(H,23,26)(H,24,29). The predicted octanol–water partition coefficient (Wildman–Crippen LogP) is 2.71. The fraction of sp³-hybridized carbons (Fsp3) is 0.524. The van der Waals surface area contributed by atoms with Gasteiger partial charge in [-0.2, -0.15) is 0 Å². The third-order valence-corrected chi connectivity index (χ3v) is 6.05. The molecule has 1 saturated carbocycles. The van der Waals surface area contributed by atoms with Gasteiger partial charge in [0.2, 0.25) is 5.91 Å².